The summed E-state index contributed by atoms with van der Waals surface area (Å²) in [5.41, 5.74) is 5.27. The zero-order chi connectivity index (χ0) is 10.3. The Morgan fingerprint density at radius 3 is 2.69 bits per heavy atom. The number of unbranched alkanes of at least 4 members (excludes halogenated alkanes) is 1. The summed E-state index contributed by atoms with van der Waals surface area (Å²) in [7, 11) is 0. The van der Waals surface area contributed by atoms with Crippen molar-refractivity contribution in [2.75, 3.05) is 6.61 Å². The van der Waals surface area contributed by atoms with Crippen LogP contribution in [0.1, 0.15) is 26.7 Å². The quantitative estimate of drug-likeness (QED) is 0.350. The van der Waals surface area contributed by atoms with E-state index in [0.717, 1.165) is 12.8 Å². The summed E-state index contributed by atoms with van der Waals surface area (Å²) in [6.07, 6.45) is 0.847. The number of hydrogen-bond acceptors (Lipinski definition) is 5. The van der Waals surface area contributed by atoms with Crippen LogP contribution in [0.4, 0.5) is 0 Å². The Morgan fingerprint density at radius 1 is 1.62 bits per heavy atom. The summed E-state index contributed by atoms with van der Waals surface area (Å²) in [5, 5.41) is 8.91. The third-order valence-corrected chi connectivity index (χ3v) is 1.51. The third kappa shape index (κ3) is 5.57. The first-order valence-electron chi connectivity index (χ1n) is 4.36. The lowest BCUT2D eigenvalue weighted by molar-refractivity contribution is -0.275. The van der Waals surface area contributed by atoms with Gasteiger partial charge in [-0.3, -0.25) is 4.89 Å². The van der Waals surface area contributed by atoms with Crippen LogP contribution in [0.5, 0.6) is 0 Å². The summed E-state index contributed by atoms with van der Waals surface area (Å²) in [4.78, 5) is 19.8. The highest BCUT2D eigenvalue weighted by Crippen LogP contribution is 1.95. The molecule has 2 atom stereocenters. The summed E-state index contributed by atoms with van der Waals surface area (Å²) in [6, 6.07) is -1.04. The van der Waals surface area contributed by atoms with E-state index in [2.05, 4.69) is 9.78 Å². The maximum atomic E-state index is 10.9. The summed E-state index contributed by atoms with van der Waals surface area (Å²) in [6.45, 7) is 3.76. The van der Waals surface area contributed by atoms with Crippen LogP contribution in [0, 0.1) is 0 Å². The molecule has 3 N–H and O–H groups in total. The molecule has 0 aliphatic heterocycles. The van der Waals surface area contributed by atoms with Crippen LogP contribution in [-0.4, -0.2) is 29.8 Å². The first kappa shape index (κ1) is 12.3. The Morgan fingerprint density at radius 2 is 2.23 bits per heavy atom. The molecule has 0 aromatic rings. The molecule has 78 valence electrons. The van der Waals surface area contributed by atoms with Crippen molar-refractivity contribution in [2.45, 2.75) is 38.8 Å². The fourth-order valence-electron chi connectivity index (χ4n) is 0.556. The van der Waals surface area contributed by atoms with Crippen molar-refractivity contribution < 1.29 is 19.7 Å². The van der Waals surface area contributed by atoms with Crippen LogP contribution in [0.3, 0.4) is 0 Å². The first-order valence-corrected chi connectivity index (χ1v) is 4.36. The van der Waals surface area contributed by atoms with Crippen molar-refractivity contribution in [1.29, 1.82) is 0 Å². The fraction of sp³-hybridized carbons (Fsp3) is 0.875. The van der Waals surface area contributed by atoms with E-state index >= 15 is 0 Å². The molecule has 2 unspecified atom stereocenters. The topological polar surface area (TPSA) is 81.8 Å². The van der Waals surface area contributed by atoms with E-state index in [-0.39, 0.29) is 0 Å². The smallest absolute Gasteiger partial charge is 0.361 e. The number of carbonyl (C=O) groups excluding carboxylic acids is 1. The zero-order valence-corrected chi connectivity index (χ0v) is 8.03. The molecule has 0 radical (unpaired) electrons. The molecule has 5 nitrogen and oxygen atoms in total. The van der Waals surface area contributed by atoms with Crippen LogP contribution < -0.4 is 5.73 Å². The highest BCUT2D eigenvalue weighted by Gasteiger charge is 2.21. The van der Waals surface area contributed by atoms with E-state index in [1.807, 2.05) is 6.92 Å². The SMILES string of the molecule is CCCCOOC(=O)C(N)C(C)O. The van der Waals surface area contributed by atoms with Gasteiger partial charge in [-0.05, 0) is 13.3 Å². The minimum atomic E-state index is -1.04. The molecule has 0 amide bonds. The Kier molecular flexibility index (Phi) is 6.48. The number of hydrogen-bond donors (Lipinski definition) is 2. The maximum absolute atomic E-state index is 10.9. The lowest BCUT2D eigenvalue weighted by Crippen LogP contribution is -2.41. The van der Waals surface area contributed by atoms with Gasteiger partial charge < -0.3 is 10.8 Å². The average Bonchev–Trinajstić information content (AvgIpc) is 2.10. The van der Waals surface area contributed by atoms with Crippen LogP contribution in [0.25, 0.3) is 0 Å². The third-order valence-electron chi connectivity index (χ3n) is 1.51. The van der Waals surface area contributed by atoms with Gasteiger partial charge in [0.15, 0.2) is 0 Å². The molecule has 0 aromatic heterocycles. The van der Waals surface area contributed by atoms with Gasteiger partial charge in [-0.1, -0.05) is 13.3 Å². The molecule has 0 heterocycles. The molecule has 0 saturated carbocycles. The average molecular weight is 191 g/mol. The highest BCUT2D eigenvalue weighted by molar-refractivity contribution is 5.75. The number of aliphatic hydroxyl groups is 1. The van der Waals surface area contributed by atoms with Crippen molar-refractivity contribution in [2.24, 2.45) is 5.73 Å². The molecule has 0 saturated heterocycles. The van der Waals surface area contributed by atoms with Gasteiger partial charge in [0.2, 0.25) is 0 Å². The number of aliphatic hydroxyl groups excluding tert-OH is 1. The standard InChI is InChI=1S/C8H17NO4/c1-3-4-5-12-13-8(11)7(9)6(2)10/h6-7,10H,3-5,9H2,1-2H3. The molecular formula is C8H17NO4. The Bertz CT molecular complexity index is 149. The fourth-order valence-corrected chi connectivity index (χ4v) is 0.556. The van der Waals surface area contributed by atoms with Gasteiger partial charge in [-0.25, -0.2) is 4.79 Å². The Balaban J connectivity index is 3.50. The molecule has 0 fully saturated rings. The van der Waals surface area contributed by atoms with Crippen LogP contribution in [-0.2, 0) is 14.6 Å². The number of carbonyl (C=O) groups is 1. The van der Waals surface area contributed by atoms with Crippen LogP contribution >= 0.6 is 0 Å². The lowest BCUT2D eigenvalue weighted by atomic mass is 10.2. The van der Waals surface area contributed by atoms with Crippen molar-refractivity contribution in [3.8, 4) is 0 Å². The minimum absolute atomic E-state index is 0.356. The summed E-state index contributed by atoms with van der Waals surface area (Å²) in [5.74, 6) is -0.744. The van der Waals surface area contributed by atoms with Gasteiger partial charge in [0, 0.05) is 0 Å². The molecule has 0 spiro atoms. The van der Waals surface area contributed by atoms with Crippen molar-refractivity contribution in [3.63, 3.8) is 0 Å². The van der Waals surface area contributed by atoms with Gasteiger partial charge in [0.05, 0.1) is 12.7 Å². The molecule has 0 aromatic carbocycles. The zero-order valence-electron chi connectivity index (χ0n) is 8.03. The first-order chi connectivity index (χ1) is 6.09. The minimum Gasteiger partial charge on any atom is -0.391 e. The summed E-state index contributed by atoms with van der Waals surface area (Å²) < 4.78 is 0. The Hall–Kier alpha value is -0.650. The van der Waals surface area contributed by atoms with E-state index < -0.39 is 18.1 Å². The van der Waals surface area contributed by atoms with E-state index in [1.54, 1.807) is 0 Å². The van der Waals surface area contributed by atoms with Crippen molar-refractivity contribution >= 4 is 5.97 Å². The van der Waals surface area contributed by atoms with E-state index in [9.17, 15) is 4.79 Å². The van der Waals surface area contributed by atoms with Gasteiger partial charge in [0.1, 0.15) is 6.04 Å². The largest absolute Gasteiger partial charge is 0.391 e. The molecule has 0 aliphatic carbocycles. The molecule has 0 bridgehead atoms. The van der Waals surface area contributed by atoms with Gasteiger partial charge >= 0.3 is 5.97 Å². The van der Waals surface area contributed by atoms with Gasteiger partial charge in [0.25, 0.3) is 0 Å². The molecule has 0 aliphatic rings. The van der Waals surface area contributed by atoms with Crippen molar-refractivity contribution in [3.05, 3.63) is 0 Å². The highest BCUT2D eigenvalue weighted by atomic mass is 17.2. The van der Waals surface area contributed by atoms with E-state index in [1.165, 1.54) is 6.92 Å². The number of nitrogens with two attached hydrogens (primary N) is 1. The predicted octanol–water partition coefficient (Wildman–Crippen LogP) is -0.0306. The second-order valence-corrected chi connectivity index (χ2v) is 2.84. The van der Waals surface area contributed by atoms with Gasteiger partial charge in [-0.15, -0.1) is 0 Å². The summed E-state index contributed by atoms with van der Waals surface area (Å²) >= 11 is 0. The molecule has 0 rings (SSSR count). The van der Waals surface area contributed by atoms with E-state index in [4.69, 9.17) is 10.8 Å². The monoisotopic (exact) mass is 191 g/mol. The normalized spacial score (nSPS) is 15.1. The van der Waals surface area contributed by atoms with Crippen LogP contribution in [0.2, 0.25) is 0 Å². The molecule has 5 heteroatoms. The predicted molar refractivity (Wildman–Crippen MR) is 46.6 cm³/mol. The molecule has 13 heavy (non-hydrogen) atoms. The molecular weight excluding hydrogens is 174 g/mol. The lowest BCUT2D eigenvalue weighted by Gasteiger charge is -2.11. The van der Waals surface area contributed by atoms with Crippen molar-refractivity contribution in [1.82, 2.24) is 0 Å². The second kappa shape index (κ2) is 6.82. The van der Waals surface area contributed by atoms with Gasteiger partial charge in [-0.2, -0.15) is 4.89 Å². The number of rotatable bonds is 6. The Labute approximate surface area is 77.7 Å². The van der Waals surface area contributed by atoms with Crippen LogP contribution in [0.15, 0.2) is 0 Å². The van der Waals surface area contributed by atoms with E-state index in [0.29, 0.717) is 6.61 Å². The maximum Gasteiger partial charge on any atom is 0.361 e. The second-order valence-electron chi connectivity index (χ2n) is 2.84.